The van der Waals surface area contributed by atoms with Crippen molar-refractivity contribution < 1.29 is 5.11 Å². The van der Waals surface area contributed by atoms with Crippen molar-refractivity contribution in [3.05, 3.63) is 35.4 Å². The standard InChI is InChI=1S/C19H31NO/c1-14(2)12-16-4-6-17(7-5-16)18(21)19(13-20)10-8-15(3)9-11-19/h4-7,14-15,18,21H,8-13,20H2,1-3H3. The van der Waals surface area contributed by atoms with Crippen LogP contribution in [0.15, 0.2) is 24.3 Å². The molecular formula is C19H31NO. The number of nitrogens with two attached hydrogens (primary N) is 1. The van der Waals surface area contributed by atoms with Crippen molar-refractivity contribution in [3.8, 4) is 0 Å². The zero-order valence-corrected chi connectivity index (χ0v) is 13.8. The van der Waals surface area contributed by atoms with Gasteiger partial charge in [-0.15, -0.1) is 0 Å². The molecule has 0 saturated heterocycles. The fourth-order valence-corrected chi connectivity index (χ4v) is 3.59. The van der Waals surface area contributed by atoms with E-state index in [-0.39, 0.29) is 5.41 Å². The SMILES string of the molecule is CC(C)Cc1ccc(C(O)C2(CN)CCC(C)CC2)cc1. The highest BCUT2D eigenvalue weighted by molar-refractivity contribution is 5.26. The molecule has 0 amide bonds. The van der Waals surface area contributed by atoms with E-state index in [1.54, 1.807) is 0 Å². The molecule has 1 atom stereocenters. The van der Waals surface area contributed by atoms with Gasteiger partial charge in [0.2, 0.25) is 0 Å². The van der Waals surface area contributed by atoms with E-state index >= 15 is 0 Å². The average molecular weight is 289 g/mol. The van der Waals surface area contributed by atoms with Crippen molar-refractivity contribution in [3.63, 3.8) is 0 Å². The van der Waals surface area contributed by atoms with E-state index in [1.165, 1.54) is 18.4 Å². The number of aliphatic hydroxyl groups is 1. The summed E-state index contributed by atoms with van der Waals surface area (Å²) in [5.41, 5.74) is 8.32. The quantitative estimate of drug-likeness (QED) is 0.858. The fraction of sp³-hybridized carbons (Fsp3) is 0.684. The van der Waals surface area contributed by atoms with Crippen LogP contribution in [0.5, 0.6) is 0 Å². The van der Waals surface area contributed by atoms with Gasteiger partial charge >= 0.3 is 0 Å². The molecule has 118 valence electrons. The Morgan fingerprint density at radius 1 is 1.19 bits per heavy atom. The first kappa shape index (κ1) is 16.5. The van der Waals surface area contributed by atoms with Crippen molar-refractivity contribution in [1.82, 2.24) is 0 Å². The third kappa shape index (κ3) is 3.87. The lowest BCUT2D eigenvalue weighted by molar-refractivity contribution is -0.00819. The summed E-state index contributed by atoms with van der Waals surface area (Å²) in [6.45, 7) is 7.34. The lowest BCUT2D eigenvalue weighted by Gasteiger charge is -2.42. The molecule has 0 spiro atoms. The first-order valence-electron chi connectivity index (χ1n) is 8.44. The average Bonchev–Trinajstić information content (AvgIpc) is 2.48. The molecule has 0 aromatic heterocycles. The van der Waals surface area contributed by atoms with Gasteiger partial charge in [-0.05, 0) is 42.2 Å². The van der Waals surface area contributed by atoms with Crippen molar-refractivity contribution in [2.45, 2.75) is 59.0 Å². The van der Waals surface area contributed by atoms with Crippen LogP contribution in [-0.2, 0) is 6.42 Å². The third-order valence-corrected chi connectivity index (χ3v) is 5.20. The Kier molecular flexibility index (Phi) is 5.45. The largest absolute Gasteiger partial charge is 0.388 e. The minimum absolute atomic E-state index is 0.119. The molecule has 2 heteroatoms. The lowest BCUT2D eigenvalue weighted by Crippen LogP contribution is -2.39. The summed E-state index contributed by atoms with van der Waals surface area (Å²) >= 11 is 0. The van der Waals surface area contributed by atoms with Gasteiger partial charge in [0.1, 0.15) is 0 Å². The number of benzene rings is 1. The summed E-state index contributed by atoms with van der Waals surface area (Å²) in [5.74, 6) is 1.43. The molecule has 0 radical (unpaired) electrons. The van der Waals surface area contributed by atoms with E-state index in [1.807, 2.05) is 0 Å². The normalized spacial score (nSPS) is 27.8. The Morgan fingerprint density at radius 2 is 1.76 bits per heavy atom. The third-order valence-electron chi connectivity index (χ3n) is 5.20. The molecule has 1 aromatic rings. The van der Waals surface area contributed by atoms with Crippen molar-refractivity contribution in [1.29, 1.82) is 0 Å². The molecule has 0 aliphatic heterocycles. The summed E-state index contributed by atoms with van der Waals surface area (Å²) < 4.78 is 0. The van der Waals surface area contributed by atoms with Crippen LogP contribution in [0.3, 0.4) is 0 Å². The minimum Gasteiger partial charge on any atom is -0.388 e. The van der Waals surface area contributed by atoms with Gasteiger partial charge in [0, 0.05) is 12.0 Å². The summed E-state index contributed by atoms with van der Waals surface area (Å²) in [4.78, 5) is 0. The molecule has 1 saturated carbocycles. The molecule has 2 nitrogen and oxygen atoms in total. The molecular weight excluding hydrogens is 258 g/mol. The van der Waals surface area contributed by atoms with Crippen LogP contribution in [0.4, 0.5) is 0 Å². The Balaban J connectivity index is 2.12. The Labute approximate surface area is 129 Å². The first-order chi connectivity index (χ1) is 9.97. The van der Waals surface area contributed by atoms with Crippen molar-refractivity contribution in [2.75, 3.05) is 6.54 Å². The zero-order valence-electron chi connectivity index (χ0n) is 13.8. The zero-order chi connectivity index (χ0) is 15.5. The van der Waals surface area contributed by atoms with E-state index in [2.05, 4.69) is 45.0 Å². The summed E-state index contributed by atoms with van der Waals surface area (Å²) in [5, 5.41) is 10.9. The Morgan fingerprint density at radius 3 is 2.24 bits per heavy atom. The maximum atomic E-state index is 10.9. The molecule has 21 heavy (non-hydrogen) atoms. The summed E-state index contributed by atoms with van der Waals surface area (Å²) in [6, 6.07) is 8.51. The van der Waals surface area contributed by atoms with Crippen LogP contribution >= 0.6 is 0 Å². The second-order valence-electron chi connectivity index (χ2n) is 7.49. The summed E-state index contributed by atoms with van der Waals surface area (Å²) in [7, 11) is 0. The lowest BCUT2D eigenvalue weighted by atomic mass is 9.66. The van der Waals surface area contributed by atoms with Gasteiger partial charge in [-0.25, -0.2) is 0 Å². The second kappa shape index (κ2) is 6.93. The summed E-state index contributed by atoms with van der Waals surface area (Å²) in [6.07, 6.45) is 5.11. The predicted molar refractivity (Wildman–Crippen MR) is 89.1 cm³/mol. The molecule has 2 rings (SSSR count). The smallest absolute Gasteiger partial charge is 0.0858 e. The van der Waals surface area contributed by atoms with Gasteiger partial charge < -0.3 is 10.8 Å². The predicted octanol–water partition coefficient (Wildman–Crippen LogP) is 4.07. The number of aliphatic hydroxyl groups excluding tert-OH is 1. The highest BCUT2D eigenvalue weighted by Gasteiger charge is 2.40. The molecule has 1 aliphatic carbocycles. The number of hydrogen-bond donors (Lipinski definition) is 2. The molecule has 3 N–H and O–H groups in total. The second-order valence-corrected chi connectivity index (χ2v) is 7.49. The molecule has 0 bridgehead atoms. The van der Waals surface area contributed by atoms with Crippen LogP contribution in [0.2, 0.25) is 0 Å². The highest BCUT2D eigenvalue weighted by Crippen LogP contribution is 2.46. The first-order valence-corrected chi connectivity index (χ1v) is 8.44. The van der Waals surface area contributed by atoms with E-state index in [9.17, 15) is 5.11 Å². The van der Waals surface area contributed by atoms with E-state index < -0.39 is 6.10 Å². The highest BCUT2D eigenvalue weighted by atomic mass is 16.3. The van der Waals surface area contributed by atoms with E-state index in [0.717, 1.165) is 30.7 Å². The maximum absolute atomic E-state index is 10.9. The van der Waals surface area contributed by atoms with E-state index in [0.29, 0.717) is 12.5 Å². The van der Waals surface area contributed by atoms with Gasteiger partial charge in [-0.3, -0.25) is 0 Å². The van der Waals surface area contributed by atoms with Gasteiger partial charge in [0.05, 0.1) is 6.10 Å². The molecule has 1 unspecified atom stereocenters. The molecule has 1 fully saturated rings. The maximum Gasteiger partial charge on any atom is 0.0858 e. The van der Waals surface area contributed by atoms with Gasteiger partial charge in [-0.2, -0.15) is 0 Å². The van der Waals surface area contributed by atoms with Crippen LogP contribution in [0.1, 0.15) is 63.7 Å². The fourth-order valence-electron chi connectivity index (χ4n) is 3.59. The number of hydrogen-bond acceptors (Lipinski definition) is 2. The topological polar surface area (TPSA) is 46.2 Å². The monoisotopic (exact) mass is 289 g/mol. The van der Waals surface area contributed by atoms with Crippen LogP contribution in [0, 0.1) is 17.3 Å². The van der Waals surface area contributed by atoms with Crippen LogP contribution in [0.25, 0.3) is 0 Å². The molecule has 0 heterocycles. The van der Waals surface area contributed by atoms with Crippen LogP contribution < -0.4 is 5.73 Å². The minimum atomic E-state index is -0.428. The van der Waals surface area contributed by atoms with Gasteiger partial charge in [0.15, 0.2) is 0 Å². The Bertz CT molecular complexity index is 429. The van der Waals surface area contributed by atoms with Gasteiger partial charge in [0.25, 0.3) is 0 Å². The van der Waals surface area contributed by atoms with Gasteiger partial charge in [-0.1, -0.05) is 57.9 Å². The van der Waals surface area contributed by atoms with Crippen molar-refractivity contribution >= 4 is 0 Å². The molecule has 1 aromatic carbocycles. The molecule has 1 aliphatic rings. The van der Waals surface area contributed by atoms with Crippen molar-refractivity contribution in [2.24, 2.45) is 23.0 Å². The van der Waals surface area contributed by atoms with Crippen LogP contribution in [-0.4, -0.2) is 11.7 Å². The Hall–Kier alpha value is -0.860. The van der Waals surface area contributed by atoms with E-state index in [4.69, 9.17) is 5.73 Å². The number of rotatable bonds is 5.